The van der Waals surface area contributed by atoms with Gasteiger partial charge in [0, 0.05) is 25.6 Å². The summed E-state index contributed by atoms with van der Waals surface area (Å²) in [5.41, 5.74) is 2.87. The highest BCUT2D eigenvalue weighted by Crippen LogP contribution is 2.45. The van der Waals surface area contributed by atoms with E-state index in [9.17, 15) is 4.79 Å². The molecular weight excluding hydrogens is 274 g/mol. The summed E-state index contributed by atoms with van der Waals surface area (Å²) < 4.78 is 6.06. The fourth-order valence-electron chi connectivity index (χ4n) is 3.85. The second kappa shape index (κ2) is 4.60. The molecule has 112 valence electrons. The van der Waals surface area contributed by atoms with Crippen molar-refractivity contribution in [3.8, 4) is 5.75 Å². The Morgan fingerprint density at radius 3 is 2.73 bits per heavy atom. The first kappa shape index (κ1) is 13.4. The Kier molecular flexibility index (Phi) is 2.80. The molecule has 1 amide bonds. The van der Waals surface area contributed by atoms with Gasteiger partial charge in [-0.25, -0.2) is 0 Å². The average molecular weight is 293 g/mol. The molecule has 0 fully saturated rings. The van der Waals surface area contributed by atoms with Gasteiger partial charge >= 0.3 is 0 Å². The third kappa shape index (κ3) is 1.78. The predicted molar refractivity (Wildman–Crippen MR) is 86.4 cm³/mol. The van der Waals surface area contributed by atoms with E-state index in [1.165, 1.54) is 5.56 Å². The normalized spacial score (nSPS) is 25.8. The second-order valence-corrected chi connectivity index (χ2v) is 6.47. The van der Waals surface area contributed by atoms with Crippen LogP contribution in [0.1, 0.15) is 24.5 Å². The van der Waals surface area contributed by atoms with Crippen molar-refractivity contribution in [1.29, 1.82) is 0 Å². The van der Waals surface area contributed by atoms with E-state index < -0.39 is 5.41 Å². The lowest BCUT2D eigenvalue weighted by Gasteiger charge is -2.26. The Bertz CT molecular complexity index is 730. The molecule has 2 aliphatic heterocycles. The molecule has 3 heteroatoms. The van der Waals surface area contributed by atoms with E-state index in [2.05, 4.69) is 12.1 Å². The van der Waals surface area contributed by atoms with Gasteiger partial charge < -0.3 is 9.64 Å². The lowest BCUT2D eigenvalue weighted by molar-refractivity contribution is -0.123. The molecule has 2 aromatic carbocycles. The number of likely N-dealkylation sites (N-methyl/N-ethyl adjacent to an activating group) is 1. The molecule has 2 aromatic rings. The molecule has 0 saturated heterocycles. The highest BCUT2D eigenvalue weighted by molar-refractivity contribution is 6.07. The van der Waals surface area contributed by atoms with Crippen molar-refractivity contribution in [2.75, 3.05) is 11.9 Å². The minimum Gasteiger partial charge on any atom is -0.490 e. The molecule has 0 aromatic heterocycles. The van der Waals surface area contributed by atoms with E-state index in [0.717, 1.165) is 23.4 Å². The highest BCUT2D eigenvalue weighted by atomic mass is 16.5. The molecule has 2 atom stereocenters. The van der Waals surface area contributed by atoms with Gasteiger partial charge in [-0.05, 0) is 30.2 Å². The van der Waals surface area contributed by atoms with Crippen LogP contribution in [-0.2, 0) is 16.6 Å². The maximum absolute atomic E-state index is 12.8. The number of anilines is 1. The van der Waals surface area contributed by atoms with Crippen LogP contribution in [0.2, 0.25) is 0 Å². The van der Waals surface area contributed by atoms with Gasteiger partial charge in [0.15, 0.2) is 0 Å². The van der Waals surface area contributed by atoms with Gasteiger partial charge in [-0.15, -0.1) is 0 Å². The first-order valence-corrected chi connectivity index (χ1v) is 7.72. The SMILES string of the molecule is CN1C(=O)C(C)(CC2Cc3ccccc3O2)c2ccccc21. The van der Waals surface area contributed by atoms with Crippen LogP contribution in [-0.4, -0.2) is 19.1 Å². The standard InChI is InChI=1S/C19H19NO2/c1-19(12-14-11-13-7-3-6-10-17(13)22-14)15-8-4-5-9-16(15)20(2)18(19)21/h3-10,14H,11-12H2,1-2H3. The molecule has 0 spiro atoms. The average Bonchev–Trinajstić information content (AvgIpc) is 3.02. The van der Waals surface area contributed by atoms with E-state index in [4.69, 9.17) is 4.74 Å². The Hall–Kier alpha value is -2.29. The van der Waals surface area contributed by atoms with E-state index in [0.29, 0.717) is 6.42 Å². The third-order valence-electron chi connectivity index (χ3n) is 4.99. The van der Waals surface area contributed by atoms with E-state index in [1.807, 2.05) is 50.4 Å². The van der Waals surface area contributed by atoms with Crippen LogP contribution in [0.25, 0.3) is 0 Å². The molecule has 4 rings (SSSR count). The lowest BCUT2D eigenvalue weighted by atomic mass is 9.78. The highest BCUT2D eigenvalue weighted by Gasteiger charge is 2.48. The van der Waals surface area contributed by atoms with Crippen molar-refractivity contribution in [1.82, 2.24) is 0 Å². The first-order valence-electron chi connectivity index (χ1n) is 7.72. The van der Waals surface area contributed by atoms with Crippen molar-refractivity contribution in [3.63, 3.8) is 0 Å². The number of amides is 1. The zero-order valence-electron chi connectivity index (χ0n) is 12.9. The number of nitrogens with zero attached hydrogens (tertiary/aromatic N) is 1. The van der Waals surface area contributed by atoms with Gasteiger partial charge in [0.1, 0.15) is 11.9 Å². The fraction of sp³-hybridized carbons (Fsp3) is 0.316. The van der Waals surface area contributed by atoms with Crippen LogP contribution >= 0.6 is 0 Å². The number of carbonyl (C=O) groups is 1. The number of ether oxygens (including phenoxy) is 1. The second-order valence-electron chi connectivity index (χ2n) is 6.47. The number of para-hydroxylation sites is 2. The molecule has 22 heavy (non-hydrogen) atoms. The molecule has 0 saturated carbocycles. The van der Waals surface area contributed by atoms with E-state index in [-0.39, 0.29) is 12.0 Å². The molecule has 2 aliphatic rings. The van der Waals surface area contributed by atoms with Crippen molar-refractivity contribution in [2.45, 2.75) is 31.3 Å². The smallest absolute Gasteiger partial charge is 0.237 e. The summed E-state index contributed by atoms with van der Waals surface area (Å²) in [5.74, 6) is 1.12. The Labute approximate surface area is 130 Å². The summed E-state index contributed by atoms with van der Waals surface area (Å²) in [6.45, 7) is 2.05. The minimum absolute atomic E-state index is 0.0610. The molecule has 2 heterocycles. The van der Waals surface area contributed by atoms with Gasteiger partial charge in [-0.3, -0.25) is 4.79 Å². The largest absolute Gasteiger partial charge is 0.490 e. The van der Waals surface area contributed by atoms with Crippen LogP contribution in [0.4, 0.5) is 5.69 Å². The first-order chi connectivity index (χ1) is 10.6. The molecular formula is C19H19NO2. The Morgan fingerprint density at radius 1 is 1.18 bits per heavy atom. The minimum atomic E-state index is -0.502. The molecule has 0 N–H and O–H groups in total. The number of fused-ring (bicyclic) bond motifs is 2. The van der Waals surface area contributed by atoms with E-state index in [1.54, 1.807) is 4.90 Å². The predicted octanol–water partition coefficient (Wildman–Crippen LogP) is 3.31. The van der Waals surface area contributed by atoms with Crippen LogP contribution in [0.3, 0.4) is 0 Å². The maximum Gasteiger partial charge on any atom is 0.237 e. The van der Waals surface area contributed by atoms with Gasteiger partial charge in [-0.2, -0.15) is 0 Å². The summed E-state index contributed by atoms with van der Waals surface area (Å²) in [5, 5.41) is 0. The summed E-state index contributed by atoms with van der Waals surface area (Å²) in [6.07, 6.45) is 1.65. The third-order valence-corrected chi connectivity index (χ3v) is 4.99. The maximum atomic E-state index is 12.8. The number of carbonyl (C=O) groups excluding carboxylic acids is 1. The van der Waals surface area contributed by atoms with Crippen molar-refractivity contribution in [3.05, 3.63) is 59.7 Å². The molecule has 0 bridgehead atoms. The van der Waals surface area contributed by atoms with Crippen LogP contribution in [0, 0.1) is 0 Å². The van der Waals surface area contributed by atoms with Crippen molar-refractivity contribution in [2.24, 2.45) is 0 Å². The van der Waals surface area contributed by atoms with Crippen LogP contribution in [0.5, 0.6) is 5.75 Å². The van der Waals surface area contributed by atoms with Gasteiger partial charge in [-0.1, -0.05) is 36.4 Å². The lowest BCUT2D eigenvalue weighted by Crippen LogP contribution is -2.39. The summed E-state index contributed by atoms with van der Waals surface area (Å²) >= 11 is 0. The summed E-state index contributed by atoms with van der Waals surface area (Å²) in [4.78, 5) is 14.6. The molecule has 2 unspecified atom stereocenters. The molecule has 0 aliphatic carbocycles. The Morgan fingerprint density at radius 2 is 1.91 bits per heavy atom. The van der Waals surface area contributed by atoms with Crippen molar-refractivity contribution < 1.29 is 9.53 Å². The Balaban J connectivity index is 1.65. The molecule has 3 nitrogen and oxygen atoms in total. The number of benzene rings is 2. The van der Waals surface area contributed by atoms with Gasteiger partial charge in [0.2, 0.25) is 5.91 Å². The molecule has 0 radical (unpaired) electrons. The summed E-state index contributed by atoms with van der Waals surface area (Å²) in [6, 6.07) is 16.2. The van der Waals surface area contributed by atoms with Crippen LogP contribution < -0.4 is 9.64 Å². The van der Waals surface area contributed by atoms with Crippen molar-refractivity contribution >= 4 is 11.6 Å². The topological polar surface area (TPSA) is 29.5 Å². The quantitative estimate of drug-likeness (QED) is 0.850. The van der Waals surface area contributed by atoms with E-state index >= 15 is 0 Å². The monoisotopic (exact) mass is 293 g/mol. The van der Waals surface area contributed by atoms with Gasteiger partial charge in [0.25, 0.3) is 0 Å². The number of rotatable bonds is 2. The zero-order chi connectivity index (χ0) is 15.3. The number of hydrogen-bond donors (Lipinski definition) is 0. The van der Waals surface area contributed by atoms with Crippen LogP contribution in [0.15, 0.2) is 48.5 Å². The number of hydrogen-bond acceptors (Lipinski definition) is 2. The fourth-order valence-corrected chi connectivity index (χ4v) is 3.85. The van der Waals surface area contributed by atoms with Gasteiger partial charge in [0.05, 0.1) is 5.41 Å². The summed E-state index contributed by atoms with van der Waals surface area (Å²) in [7, 11) is 1.86. The zero-order valence-corrected chi connectivity index (χ0v) is 12.9.